The molecule has 0 aromatic heterocycles. The molecule has 0 saturated carbocycles. The van der Waals surface area contributed by atoms with Crippen molar-refractivity contribution >= 4 is 33.7 Å². The number of benzene rings is 1. The summed E-state index contributed by atoms with van der Waals surface area (Å²) in [5, 5.41) is 9.72. The average molecular weight is 659 g/mol. The van der Waals surface area contributed by atoms with Crippen LogP contribution in [0.5, 0.6) is 0 Å². The van der Waals surface area contributed by atoms with Crippen LogP contribution in [0, 0.1) is 17.3 Å². The number of carbonyl (C=O) groups is 3. The third-order valence-electron chi connectivity index (χ3n) is 9.01. The summed E-state index contributed by atoms with van der Waals surface area (Å²) in [6.45, 7) is 19.4. The van der Waals surface area contributed by atoms with Crippen molar-refractivity contribution in [2.75, 3.05) is 26.2 Å². The summed E-state index contributed by atoms with van der Waals surface area (Å²) >= 11 is 3.78. The third-order valence-corrected chi connectivity index (χ3v) is 9.86. The predicted molar refractivity (Wildman–Crippen MR) is 171 cm³/mol. The summed E-state index contributed by atoms with van der Waals surface area (Å²) < 4.78 is 6.75. The minimum Gasteiger partial charge on any atom is -0.396 e. The number of ether oxygens (including phenoxy) is 1. The van der Waals surface area contributed by atoms with Crippen LogP contribution >= 0.6 is 15.9 Å². The molecular weight excluding hydrogens is 610 g/mol. The van der Waals surface area contributed by atoms with Gasteiger partial charge >= 0.3 is 0 Å². The first-order valence-electron chi connectivity index (χ1n) is 15.3. The summed E-state index contributed by atoms with van der Waals surface area (Å²) in [6, 6.07) is 8.81. The maximum Gasteiger partial charge on any atom is 0.249 e. The highest BCUT2D eigenvalue weighted by Crippen LogP contribution is 2.60. The summed E-state index contributed by atoms with van der Waals surface area (Å²) in [5.74, 6) is -2.18. The van der Waals surface area contributed by atoms with Crippen molar-refractivity contribution in [2.45, 2.75) is 88.5 Å². The van der Waals surface area contributed by atoms with Crippen LogP contribution in [0.1, 0.15) is 59.4 Å². The standard InChI is InChI=1S/C34H48BrN3O5/c1-8-16-36(21-23-14-11-10-12-15-23)29(40)25-26-30(41)37(18-13-19-39)28(34(26)20-24(35)27(25)43-34)31(42)38(17-9-2)33(6,7)22-32(3,4)5/h8-12,14-15,24-28,39H,1-2,13,16-22H2,3-7H3/t24?,25-,26-,27-,28?,34?/m0/s1. The summed E-state index contributed by atoms with van der Waals surface area (Å²) in [7, 11) is 0. The average Bonchev–Trinajstić information content (AvgIpc) is 3.52. The van der Waals surface area contributed by atoms with Gasteiger partial charge in [-0.05, 0) is 44.1 Å². The Kier molecular flexibility index (Phi) is 9.99. The van der Waals surface area contributed by atoms with Crippen LogP contribution in [0.25, 0.3) is 0 Å². The van der Waals surface area contributed by atoms with Crippen molar-refractivity contribution < 1.29 is 24.2 Å². The molecule has 3 fully saturated rings. The molecule has 1 spiro atoms. The number of alkyl halides is 1. The fourth-order valence-electron chi connectivity index (χ4n) is 7.88. The van der Waals surface area contributed by atoms with Crippen molar-refractivity contribution in [3.05, 3.63) is 61.2 Å². The molecule has 9 heteroatoms. The predicted octanol–water partition coefficient (Wildman–Crippen LogP) is 4.56. The number of aliphatic hydroxyl groups is 1. The SMILES string of the molecule is C=CCN(Cc1ccccc1)C(=O)[C@H]1[C@H]2C(=O)N(CCCO)C(C(=O)N(CC=C)C(C)(C)CC(C)(C)C)C23CC(Br)[C@@H]1O3. The number of likely N-dealkylation sites (tertiary alicyclic amines) is 1. The lowest BCUT2D eigenvalue weighted by Crippen LogP contribution is -2.61. The van der Waals surface area contributed by atoms with Gasteiger partial charge in [0.25, 0.3) is 0 Å². The summed E-state index contributed by atoms with van der Waals surface area (Å²) in [6.07, 6.45) is 4.35. The molecule has 3 aliphatic heterocycles. The van der Waals surface area contributed by atoms with E-state index >= 15 is 0 Å². The molecule has 1 aromatic carbocycles. The Morgan fingerprint density at radius 1 is 1.12 bits per heavy atom. The van der Waals surface area contributed by atoms with Crippen LogP contribution in [0.15, 0.2) is 55.6 Å². The number of hydrogen-bond acceptors (Lipinski definition) is 5. The fourth-order valence-corrected chi connectivity index (χ4v) is 8.82. The van der Waals surface area contributed by atoms with Gasteiger partial charge in [-0.3, -0.25) is 14.4 Å². The second kappa shape index (κ2) is 12.9. The number of halogens is 1. The van der Waals surface area contributed by atoms with Crippen LogP contribution in [-0.4, -0.2) is 91.9 Å². The lowest BCUT2D eigenvalue weighted by Gasteiger charge is -2.45. The monoisotopic (exact) mass is 657 g/mol. The van der Waals surface area contributed by atoms with Gasteiger partial charge in [-0.15, -0.1) is 13.2 Å². The van der Waals surface area contributed by atoms with Crippen LogP contribution in [-0.2, 0) is 25.7 Å². The van der Waals surface area contributed by atoms with Gasteiger partial charge in [0.1, 0.15) is 11.6 Å². The molecular formula is C34H48BrN3O5. The van der Waals surface area contributed by atoms with Crippen LogP contribution in [0.2, 0.25) is 0 Å². The lowest BCUT2D eigenvalue weighted by molar-refractivity contribution is -0.153. The Bertz CT molecular complexity index is 1210. The van der Waals surface area contributed by atoms with Gasteiger partial charge in [0.05, 0.1) is 17.9 Å². The normalized spacial score (nSPS) is 28.1. The lowest BCUT2D eigenvalue weighted by atomic mass is 9.70. The summed E-state index contributed by atoms with van der Waals surface area (Å²) in [4.78, 5) is 48.5. The first-order valence-corrected chi connectivity index (χ1v) is 16.2. The van der Waals surface area contributed by atoms with Gasteiger partial charge in [-0.25, -0.2) is 0 Å². The van der Waals surface area contributed by atoms with E-state index in [2.05, 4.69) is 49.9 Å². The van der Waals surface area contributed by atoms with Crippen molar-refractivity contribution in [3.8, 4) is 0 Å². The fraction of sp³-hybridized carbons (Fsp3) is 0.618. The Labute approximate surface area is 265 Å². The van der Waals surface area contributed by atoms with E-state index in [1.54, 1.807) is 22.0 Å². The zero-order valence-electron chi connectivity index (χ0n) is 26.3. The molecule has 8 nitrogen and oxygen atoms in total. The van der Waals surface area contributed by atoms with Crippen molar-refractivity contribution in [1.82, 2.24) is 14.7 Å². The molecule has 0 aliphatic carbocycles. The second-order valence-electron chi connectivity index (χ2n) is 14.1. The first kappa shape index (κ1) is 33.4. The van der Waals surface area contributed by atoms with Crippen LogP contribution in [0.4, 0.5) is 0 Å². The molecule has 3 amide bonds. The highest BCUT2D eigenvalue weighted by molar-refractivity contribution is 9.09. The maximum atomic E-state index is 14.8. The van der Waals surface area contributed by atoms with Gasteiger partial charge in [0.15, 0.2) is 0 Å². The van der Waals surface area contributed by atoms with Crippen molar-refractivity contribution in [1.29, 1.82) is 0 Å². The van der Waals surface area contributed by atoms with Crippen LogP contribution in [0.3, 0.4) is 0 Å². The highest BCUT2D eigenvalue weighted by Gasteiger charge is 2.77. The van der Waals surface area contributed by atoms with Gasteiger partial charge < -0.3 is 24.5 Å². The topological polar surface area (TPSA) is 90.4 Å². The molecule has 3 aliphatic rings. The van der Waals surface area contributed by atoms with E-state index in [1.807, 2.05) is 49.1 Å². The third kappa shape index (κ3) is 6.36. The van der Waals surface area contributed by atoms with E-state index in [9.17, 15) is 19.5 Å². The first-order chi connectivity index (χ1) is 20.2. The van der Waals surface area contributed by atoms with Crippen molar-refractivity contribution in [3.63, 3.8) is 0 Å². The number of hydrogen-bond donors (Lipinski definition) is 1. The van der Waals surface area contributed by atoms with Crippen LogP contribution < -0.4 is 0 Å². The van der Waals surface area contributed by atoms with Gasteiger partial charge in [0, 0.05) is 43.2 Å². The molecule has 1 N–H and O–H groups in total. The largest absolute Gasteiger partial charge is 0.396 e. The minimum absolute atomic E-state index is 0.0553. The molecule has 2 bridgehead atoms. The van der Waals surface area contributed by atoms with E-state index in [0.29, 0.717) is 32.5 Å². The molecule has 1 aromatic rings. The number of rotatable bonds is 13. The number of fused-ring (bicyclic) bond motifs is 1. The molecule has 0 radical (unpaired) electrons. The number of aliphatic hydroxyl groups excluding tert-OH is 1. The molecule has 3 saturated heterocycles. The molecule has 43 heavy (non-hydrogen) atoms. The number of amides is 3. The van der Waals surface area contributed by atoms with E-state index in [1.165, 1.54) is 0 Å². The Morgan fingerprint density at radius 3 is 2.35 bits per heavy atom. The van der Waals surface area contributed by atoms with Crippen molar-refractivity contribution in [2.24, 2.45) is 17.3 Å². The maximum absolute atomic E-state index is 14.8. The van der Waals surface area contributed by atoms with E-state index in [4.69, 9.17) is 4.74 Å². The quantitative estimate of drug-likeness (QED) is 0.248. The Balaban J connectivity index is 1.76. The Morgan fingerprint density at radius 2 is 1.77 bits per heavy atom. The smallest absolute Gasteiger partial charge is 0.249 e. The van der Waals surface area contributed by atoms with Gasteiger partial charge in [-0.1, -0.05) is 79.2 Å². The summed E-state index contributed by atoms with van der Waals surface area (Å²) in [5.41, 5.74) is -0.782. The number of nitrogens with zero attached hydrogens (tertiary/aromatic N) is 3. The zero-order valence-corrected chi connectivity index (χ0v) is 27.9. The minimum atomic E-state index is -1.16. The highest BCUT2D eigenvalue weighted by atomic mass is 79.9. The number of carbonyl (C=O) groups excluding carboxylic acids is 3. The van der Waals surface area contributed by atoms with E-state index in [-0.39, 0.29) is 41.1 Å². The molecule has 3 unspecified atom stereocenters. The van der Waals surface area contributed by atoms with Gasteiger partial charge in [-0.2, -0.15) is 0 Å². The Hall–Kier alpha value is -2.49. The molecule has 6 atom stereocenters. The van der Waals surface area contributed by atoms with E-state index < -0.39 is 35.1 Å². The van der Waals surface area contributed by atoms with Gasteiger partial charge in [0.2, 0.25) is 17.7 Å². The van der Waals surface area contributed by atoms with E-state index in [0.717, 1.165) is 12.0 Å². The second-order valence-corrected chi connectivity index (χ2v) is 15.2. The zero-order chi connectivity index (χ0) is 31.7. The molecule has 236 valence electrons. The molecule has 3 heterocycles. The molecule has 4 rings (SSSR count).